The van der Waals surface area contributed by atoms with Gasteiger partial charge in [-0.1, -0.05) is 20.3 Å². The second-order valence-electron chi connectivity index (χ2n) is 5.18. The summed E-state index contributed by atoms with van der Waals surface area (Å²) in [7, 11) is 0. The molecule has 116 valence electrons. The van der Waals surface area contributed by atoms with Crippen molar-refractivity contribution < 1.29 is 9.53 Å². The second kappa shape index (κ2) is 7.89. The maximum absolute atomic E-state index is 11.8. The highest BCUT2D eigenvalue weighted by Crippen LogP contribution is 2.36. The Morgan fingerprint density at radius 3 is 2.67 bits per heavy atom. The molecule has 5 nitrogen and oxygen atoms in total. The number of carbonyl (C=O) groups is 1. The molecule has 0 saturated carbocycles. The van der Waals surface area contributed by atoms with Crippen LogP contribution in [0.4, 0.5) is 10.7 Å². The highest BCUT2D eigenvalue weighted by atomic mass is 32.1. The van der Waals surface area contributed by atoms with Crippen molar-refractivity contribution in [3.05, 3.63) is 10.4 Å². The largest absolute Gasteiger partial charge is 0.462 e. The van der Waals surface area contributed by atoms with Crippen LogP contribution in [-0.4, -0.2) is 18.6 Å². The summed E-state index contributed by atoms with van der Waals surface area (Å²) < 4.78 is 4.96. The van der Waals surface area contributed by atoms with Gasteiger partial charge in [0.25, 0.3) is 0 Å². The van der Waals surface area contributed by atoms with E-state index in [2.05, 4.69) is 32.2 Å². The van der Waals surface area contributed by atoms with Crippen LogP contribution in [0, 0.1) is 17.2 Å². The van der Waals surface area contributed by atoms with Crippen molar-refractivity contribution in [3.63, 3.8) is 0 Å². The zero-order chi connectivity index (χ0) is 16.0. The number of esters is 1. The summed E-state index contributed by atoms with van der Waals surface area (Å²) in [4.78, 5) is 12.1. The van der Waals surface area contributed by atoms with E-state index >= 15 is 0 Å². The van der Waals surface area contributed by atoms with E-state index in [0.717, 1.165) is 12.8 Å². The number of rotatable bonds is 7. The normalized spacial score (nSPS) is 13.3. The predicted octanol–water partition coefficient (Wildman–Crippen LogP) is 3.62. The van der Waals surface area contributed by atoms with E-state index in [9.17, 15) is 10.1 Å². The standard InChI is InChI=1S/C15H23N3O2S/c1-5-9(3)7-10(4)18-14-11(8-16)12(17)13(21-14)15(19)20-6-2/h9-10,18H,5-7,17H2,1-4H3. The molecule has 0 fully saturated rings. The molecule has 1 aromatic heterocycles. The van der Waals surface area contributed by atoms with Gasteiger partial charge in [0.1, 0.15) is 21.5 Å². The zero-order valence-corrected chi connectivity index (χ0v) is 13.8. The molecule has 2 unspecified atom stereocenters. The van der Waals surface area contributed by atoms with Crippen LogP contribution in [0.5, 0.6) is 0 Å². The maximum atomic E-state index is 11.8. The molecule has 0 spiro atoms. The fourth-order valence-corrected chi connectivity index (χ4v) is 3.13. The number of nitrogens with two attached hydrogens (primary N) is 1. The van der Waals surface area contributed by atoms with Gasteiger partial charge in [-0.2, -0.15) is 5.26 Å². The molecule has 1 heterocycles. The Labute approximate surface area is 130 Å². The monoisotopic (exact) mass is 309 g/mol. The first-order chi connectivity index (χ1) is 9.94. The summed E-state index contributed by atoms with van der Waals surface area (Å²) in [5.41, 5.74) is 6.44. The van der Waals surface area contributed by atoms with E-state index in [1.807, 2.05) is 0 Å². The lowest BCUT2D eigenvalue weighted by atomic mass is 10.0. The third-order valence-corrected chi connectivity index (χ3v) is 4.46. The van der Waals surface area contributed by atoms with Crippen molar-refractivity contribution in [1.29, 1.82) is 5.26 Å². The van der Waals surface area contributed by atoms with Crippen LogP contribution in [0.3, 0.4) is 0 Å². The Balaban J connectivity index is 2.95. The van der Waals surface area contributed by atoms with Crippen molar-refractivity contribution in [2.24, 2.45) is 5.92 Å². The molecule has 0 aliphatic heterocycles. The molecule has 1 aromatic rings. The quantitative estimate of drug-likeness (QED) is 0.751. The molecular formula is C15H23N3O2S. The zero-order valence-electron chi connectivity index (χ0n) is 13.0. The summed E-state index contributed by atoms with van der Waals surface area (Å²) in [6.45, 7) is 8.43. The number of nitrogens with one attached hydrogen (secondary N) is 1. The minimum absolute atomic E-state index is 0.208. The summed E-state index contributed by atoms with van der Waals surface area (Å²) in [6.07, 6.45) is 2.10. The van der Waals surface area contributed by atoms with Gasteiger partial charge < -0.3 is 15.8 Å². The van der Waals surface area contributed by atoms with E-state index < -0.39 is 5.97 Å². The van der Waals surface area contributed by atoms with E-state index in [0.29, 0.717) is 21.4 Å². The first-order valence-corrected chi connectivity index (χ1v) is 8.02. The minimum atomic E-state index is -0.473. The van der Waals surface area contributed by atoms with Gasteiger partial charge in [0, 0.05) is 6.04 Å². The molecule has 0 aromatic carbocycles. The number of thiophene rings is 1. The van der Waals surface area contributed by atoms with Crippen molar-refractivity contribution in [3.8, 4) is 6.07 Å². The smallest absolute Gasteiger partial charge is 0.350 e. The van der Waals surface area contributed by atoms with Crippen molar-refractivity contribution >= 4 is 28.0 Å². The number of ether oxygens (including phenoxy) is 1. The van der Waals surface area contributed by atoms with Crippen LogP contribution in [0.2, 0.25) is 0 Å². The molecule has 2 atom stereocenters. The van der Waals surface area contributed by atoms with Gasteiger partial charge in [0.15, 0.2) is 0 Å². The number of nitrogen functional groups attached to an aromatic ring is 1. The van der Waals surface area contributed by atoms with Crippen molar-refractivity contribution in [2.75, 3.05) is 17.7 Å². The van der Waals surface area contributed by atoms with Gasteiger partial charge in [0.2, 0.25) is 0 Å². The topological polar surface area (TPSA) is 88.1 Å². The molecule has 0 aliphatic carbocycles. The first-order valence-electron chi connectivity index (χ1n) is 7.20. The van der Waals surface area contributed by atoms with E-state index in [1.54, 1.807) is 6.92 Å². The molecule has 0 aliphatic rings. The fourth-order valence-electron chi connectivity index (χ4n) is 2.06. The fraction of sp³-hybridized carbons (Fsp3) is 0.600. The summed E-state index contributed by atoms with van der Waals surface area (Å²) in [5, 5.41) is 13.2. The molecule has 3 N–H and O–H groups in total. The van der Waals surface area contributed by atoms with Crippen LogP contribution in [0.15, 0.2) is 0 Å². The number of carbonyl (C=O) groups excluding carboxylic acids is 1. The van der Waals surface area contributed by atoms with Gasteiger partial charge in [-0.3, -0.25) is 0 Å². The molecule has 0 radical (unpaired) electrons. The molecule has 0 saturated heterocycles. The third-order valence-electron chi connectivity index (χ3n) is 3.35. The average molecular weight is 309 g/mol. The van der Waals surface area contributed by atoms with Crippen LogP contribution in [0.25, 0.3) is 0 Å². The second-order valence-corrected chi connectivity index (χ2v) is 6.20. The van der Waals surface area contributed by atoms with Gasteiger partial charge in [0.05, 0.1) is 12.3 Å². The Bertz CT molecular complexity index is 534. The Morgan fingerprint density at radius 1 is 1.48 bits per heavy atom. The molecule has 1 rings (SSSR count). The number of hydrogen-bond acceptors (Lipinski definition) is 6. The van der Waals surface area contributed by atoms with E-state index in [4.69, 9.17) is 10.5 Å². The average Bonchev–Trinajstić information content (AvgIpc) is 2.74. The Hall–Kier alpha value is -1.74. The lowest BCUT2D eigenvalue weighted by Gasteiger charge is -2.17. The van der Waals surface area contributed by atoms with Crippen molar-refractivity contribution in [2.45, 2.75) is 46.6 Å². The lowest BCUT2D eigenvalue weighted by Crippen LogP contribution is -2.18. The summed E-state index contributed by atoms with van der Waals surface area (Å²) >= 11 is 1.19. The first kappa shape index (κ1) is 17.3. The molecule has 21 heavy (non-hydrogen) atoms. The van der Waals surface area contributed by atoms with Crippen LogP contribution in [-0.2, 0) is 4.74 Å². The number of nitrogens with zero attached hydrogens (tertiary/aromatic N) is 1. The van der Waals surface area contributed by atoms with Gasteiger partial charge in [-0.05, 0) is 26.2 Å². The number of anilines is 2. The molecule has 6 heteroatoms. The summed E-state index contributed by atoms with van der Waals surface area (Å²) in [6, 6.07) is 2.28. The molecule has 0 bridgehead atoms. The van der Waals surface area contributed by atoms with E-state index in [-0.39, 0.29) is 18.3 Å². The molecule has 0 amide bonds. The van der Waals surface area contributed by atoms with Crippen molar-refractivity contribution in [1.82, 2.24) is 0 Å². The Morgan fingerprint density at radius 2 is 2.14 bits per heavy atom. The SMILES string of the molecule is CCOC(=O)c1sc(NC(C)CC(C)CC)c(C#N)c1N. The van der Waals surface area contributed by atoms with Crippen LogP contribution in [0.1, 0.15) is 55.8 Å². The maximum Gasteiger partial charge on any atom is 0.350 e. The number of hydrogen-bond donors (Lipinski definition) is 2. The third kappa shape index (κ3) is 4.36. The highest BCUT2D eigenvalue weighted by Gasteiger charge is 2.23. The van der Waals surface area contributed by atoms with Gasteiger partial charge in [-0.25, -0.2) is 4.79 Å². The van der Waals surface area contributed by atoms with Crippen LogP contribution < -0.4 is 11.1 Å². The predicted molar refractivity (Wildman–Crippen MR) is 86.6 cm³/mol. The Kier molecular flexibility index (Phi) is 6.50. The van der Waals surface area contributed by atoms with Gasteiger partial charge in [-0.15, -0.1) is 11.3 Å². The van der Waals surface area contributed by atoms with Gasteiger partial charge >= 0.3 is 5.97 Å². The summed E-state index contributed by atoms with van der Waals surface area (Å²) in [5.74, 6) is 0.124. The minimum Gasteiger partial charge on any atom is -0.462 e. The lowest BCUT2D eigenvalue weighted by molar-refractivity contribution is 0.0533. The highest BCUT2D eigenvalue weighted by molar-refractivity contribution is 7.18. The number of nitriles is 1. The van der Waals surface area contributed by atoms with Crippen LogP contribution >= 0.6 is 11.3 Å². The molecular weight excluding hydrogens is 286 g/mol. The van der Waals surface area contributed by atoms with E-state index in [1.165, 1.54) is 11.3 Å².